The van der Waals surface area contributed by atoms with Gasteiger partial charge in [0.25, 0.3) is 0 Å². The second-order valence-electron chi connectivity index (χ2n) is 2.30. The minimum Gasteiger partial charge on any atom is -0.328 e. The minimum atomic E-state index is 0.119. The largest absolute Gasteiger partial charge is 0.328 e. The lowest BCUT2D eigenvalue weighted by Crippen LogP contribution is -2.18. The third-order valence-corrected chi connectivity index (χ3v) is 1.26. The van der Waals surface area contributed by atoms with E-state index in [0.717, 1.165) is 12.2 Å². The van der Waals surface area contributed by atoms with E-state index in [-0.39, 0.29) is 6.04 Å². The SMILES string of the molecule is CC(N)Cc1nc(=S)[nH][nH]1. The molecule has 4 nitrogen and oxygen atoms in total. The van der Waals surface area contributed by atoms with Crippen LogP contribution >= 0.6 is 12.2 Å². The summed E-state index contributed by atoms with van der Waals surface area (Å²) in [5, 5.41) is 5.51. The van der Waals surface area contributed by atoms with Crippen LogP contribution in [0.3, 0.4) is 0 Å². The van der Waals surface area contributed by atoms with Crippen LogP contribution in [0, 0.1) is 4.77 Å². The molecule has 1 heterocycles. The summed E-state index contributed by atoms with van der Waals surface area (Å²) >= 11 is 4.75. The first kappa shape index (κ1) is 7.43. The molecule has 5 heteroatoms. The fraction of sp³-hybridized carbons (Fsp3) is 0.600. The molecule has 0 amide bonds. The van der Waals surface area contributed by atoms with E-state index in [1.54, 1.807) is 0 Å². The maximum Gasteiger partial charge on any atom is 0.213 e. The zero-order valence-electron chi connectivity index (χ0n) is 5.72. The number of nitrogens with two attached hydrogens (primary N) is 1. The monoisotopic (exact) mass is 158 g/mol. The lowest BCUT2D eigenvalue weighted by atomic mass is 10.2. The fourth-order valence-corrected chi connectivity index (χ4v) is 0.867. The maximum atomic E-state index is 5.53. The molecule has 0 aliphatic heterocycles. The Morgan fingerprint density at radius 2 is 2.40 bits per heavy atom. The Morgan fingerprint density at radius 3 is 2.80 bits per heavy atom. The quantitative estimate of drug-likeness (QED) is 0.544. The molecule has 1 atom stereocenters. The predicted octanol–water partition coefficient (Wildman–Crippen LogP) is 0.357. The fourth-order valence-electron chi connectivity index (χ4n) is 0.706. The molecule has 0 spiro atoms. The van der Waals surface area contributed by atoms with E-state index in [9.17, 15) is 0 Å². The average molecular weight is 158 g/mol. The Balaban J connectivity index is 2.67. The van der Waals surface area contributed by atoms with Crippen LogP contribution in [0.25, 0.3) is 0 Å². The van der Waals surface area contributed by atoms with E-state index in [4.69, 9.17) is 18.0 Å². The van der Waals surface area contributed by atoms with Crippen LogP contribution in [-0.4, -0.2) is 21.2 Å². The zero-order chi connectivity index (χ0) is 7.56. The molecule has 0 aromatic carbocycles. The van der Waals surface area contributed by atoms with Crippen LogP contribution in [-0.2, 0) is 6.42 Å². The highest BCUT2D eigenvalue weighted by molar-refractivity contribution is 7.71. The van der Waals surface area contributed by atoms with Gasteiger partial charge in [-0.15, -0.1) is 0 Å². The Labute approximate surface area is 63.8 Å². The zero-order valence-corrected chi connectivity index (χ0v) is 6.53. The van der Waals surface area contributed by atoms with Crippen molar-refractivity contribution in [1.29, 1.82) is 0 Å². The van der Waals surface area contributed by atoms with Crippen molar-refractivity contribution >= 4 is 12.2 Å². The molecule has 10 heavy (non-hydrogen) atoms. The van der Waals surface area contributed by atoms with Crippen molar-refractivity contribution in [3.63, 3.8) is 0 Å². The highest BCUT2D eigenvalue weighted by Crippen LogP contribution is 1.91. The molecular weight excluding hydrogens is 148 g/mol. The summed E-state index contributed by atoms with van der Waals surface area (Å²) in [6.45, 7) is 1.92. The van der Waals surface area contributed by atoms with Crippen molar-refractivity contribution in [2.45, 2.75) is 19.4 Å². The summed E-state index contributed by atoms with van der Waals surface area (Å²) in [6.07, 6.45) is 0.729. The molecule has 0 aliphatic carbocycles. The second-order valence-corrected chi connectivity index (χ2v) is 2.68. The number of aromatic nitrogens is 3. The number of rotatable bonds is 2. The van der Waals surface area contributed by atoms with Gasteiger partial charge in [0.15, 0.2) is 0 Å². The summed E-state index contributed by atoms with van der Waals surface area (Å²) in [5.74, 6) is 0.819. The third kappa shape index (κ3) is 1.93. The van der Waals surface area contributed by atoms with Crippen molar-refractivity contribution in [3.05, 3.63) is 10.6 Å². The van der Waals surface area contributed by atoms with E-state index in [0.29, 0.717) is 4.77 Å². The van der Waals surface area contributed by atoms with Gasteiger partial charge in [-0.25, -0.2) is 4.98 Å². The molecule has 0 saturated carbocycles. The predicted molar refractivity (Wildman–Crippen MR) is 41.1 cm³/mol. The normalized spacial score (nSPS) is 13.4. The van der Waals surface area contributed by atoms with E-state index in [1.807, 2.05) is 6.92 Å². The molecule has 0 saturated heterocycles. The van der Waals surface area contributed by atoms with Crippen LogP contribution < -0.4 is 5.73 Å². The molecule has 0 aliphatic rings. The van der Waals surface area contributed by atoms with Gasteiger partial charge in [0.1, 0.15) is 5.82 Å². The lowest BCUT2D eigenvalue weighted by molar-refractivity contribution is 0.704. The first-order valence-electron chi connectivity index (χ1n) is 3.07. The van der Waals surface area contributed by atoms with Crippen molar-refractivity contribution in [1.82, 2.24) is 15.2 Å². The Hall–Kier alpha value is -0.680. The van der Waals surface area contributed by atoms with Crippen LogP contribution in [0.1, 0.15) is 12.7 Å². The van der Waals surface area contributed by atoms with Gasteiger partial charge in [-0.3, -0.25) is 10.2 Å². The molecule has 0 fully saturated rings. The van der Waals surface area contributed by atoms with Gasteiger partial charge in [-0.05, 0) is 19.1 Å². The van der Waals surface area contributed by atoms with E-state index < -0.39 is 0 Å². The smallest absolute Gasteiger partial charge is 0.213 e. The first-order chi connectivity index (χ1) is 4.68. The molecule has 0 radical (unpaired) electrons. The van der Waals surface area contributed by atoms with Crippen molar-refractivity contribution in [2.75, 3.05) is 0 Å². The number of H-pyrrole nitrogens is 2. The number of nitrogens with zero attached hydrogens (tertiary/aromatic N) is 1. The summed E-state index contributed by atoms with van der Waals surface area (Å²) in [6, 6.07) is 0.119. The van der Waals surface area contributed by atoms with Gasteiger partial charge < -0.3 is 5.73 Å². The summed E-state index contributed by atoms with van der Waals surface area (Å²) in [4.78, 5) is 3.97. The minimum absolute atomic E-state index is 0.119. The third-order valence-electron chi connectivity index (χ3n) is 1.07. The summed E-state index contributed by atoms with van der Waals surface area (Å²) in [5.41, 5.74) is 5.53. The molecular formula is C5H10N4S. The number of nitrogens with one attached hydrogen (secondary N) is 2. The molecule has 1 aromatic rings. The van der Waals surface area contributed by atoms with Gasteiger partial charge in [-0.1, -0.05) is 0 Å². The van der Waals surface area contributed by atoms with Crippen LogP contribution in [0.2, 0.25) is 0 Å². The number of hydrogen-bond acceptors (Lipinski definition) is 3. The van der Waals surface area contributed by atoms with Gasteiger partial charge in [-0.2, -0.15) is 0 Å². The molecule has 0 bridgehead atoms. The average Bonchev–Trinajstić information content (AvgIpc) is 2.13. The van der Waals surface area contributed by atoms with Crippen LogP contribution in [0.15, 0.2) is 0 Å². The Morgan fingerprint density at radius 1 is 1.70 bits per heavy atom. The molecule has 4 N–H and O–H groups in total. The van der Waals surface area contributed by atoms with Gasteiger partial charge in [0.2, 0.25) is 4.77 Å². The highest BCUT2D eigenvalue weighted by atomic mass is 32.1. The standard InChI is InChI=1S/C5H10N4S/c1-3(6)2-4-7-5(10)9-8-4/h3H,2,6H2,1H3,(H2,7,8,9,10). The van der Waals surface area contributed by atoms with Crippen molar-refractivity contribution in [3.8, 4) is 0 Å². The van der Waals surface area contributed by atoms with Gasteiger partial charge >= 0.3 is 0 Å². The van der Waals surface area contributed by atoms with Gasteiger partial charge in [0.05, 0.1) is 0 Å². The molecule has 1 rings (SSSR count). The second kappa shape index (κ2) is 2.94. The number of hydrogen-bond donors (Lipinski definition) is 3. The van der Waals surface area contributed by atoms with E-state index in [2.05, 4.69) is 15.2 Å². The molecule has 56 valence electrons. The molecule has 1 unspecified atom stereocenters. The molecule has 1 aromatic heterocycles. The van der Waals surface area contributed by atoms with Crippen LogP contribution in [0.4, 0.5) is 0 Å². The Bertz CT molecular complexity index is 248. The highest BCUT2D eigenvalue weighted by Gasteiger charge is 1.98. The van der Waals surface area contributed by atoms with E-state index >= 15 is 0 Å². The van der Waals surface area contributed by atoms with Crippen LogP contribution in [0.5, 0.6) is 0 Å². The first-order valence-corrected chi connectivity index (χ1v) is 3.48. The van der Waals surface area contributed by atoms with Crippen molar-refractivity contribution in [2.24, 2.45) is 5.73 Å². The maximum absolute atomic E-state index is 5.53. The topological polar surface area (TPSA) is 70.5 Å². The Kier molecular flexibility index (Phi) is 2.18. The summed E-state index contributed by atoms with van der Waals surface area (Å²) < 4.78 is 0.482. The van der Waals surface area contributed by atoms with E-state index in [1.165, 1.54) is 0 Å². The van der Waals surface area contributed by atoms with Crippen molar-refractivity contribution < 1.29 is 0 Å². The lowest BCUT2D eigenvalue weighted by Gasteiger charge is -1.98. The summed E-state index contributed by atoms with van der Waals surface area (Å²) in [7, 11) is 0. The van der Waals surface area contributed by atoms with Gasteiger partial charge in [0, 0.05) is 12.5 Å². The number of aromatic amines is 2.